The van der Waals surface area contributed by atoms with Gasteiger partial charge >= 0.3 is 0 Å². The van der Waals surface area contributed by atoms with Gasteiger partial charge in [0, 0.05) is 35.9 Å². The van der Waals surface area contributed by atoms with Crippen molar-refractivity contribution in [3.8, 4) is 0 Å². The highest BCUT2D eigenvalue weighted by Gasteiger charge is 2.27. The Morgan fingerprint density at radius 2 is 2.03 bits per heavy atom. The summed E-state index contributed by atoms with van der Waals surface area (Å²) in [5, 5.41) is -0.0309. The first-order valence-electron chi connectivity index (χ1n) is 9.56. The van der Waals surface area contributed by atoms with E-state index in [0.29, 0.717) is 18.4 Å². The van der Waals surface area contributed by atoms with Crippen molar-refractivity contribution in [2.45, 2.75) is 36.7 Å². The number of nitrogens with zero attached hydrogens (tertiary/aromatic N) is 4. The van der Waals surface area contributed by atoms with Crippen LogP contribution >= 0.6 is 11.5 Å². The van der Waals surface area contributed by atoms with Crippen LogP contribution in [-0.2, 0) is 16.6 Å². The summed E-state index contributed by atoms with van der Waals surface area (Å²) < 4.78 is 60.2. The fourth-order valence-corrected chi connectivity index (χ4v) is 5.47. The number of halogens is 2. The molecule has 1 unspecified atom stereocenters. The molecular weight excluding hydrogens is 446 g/mol. The van der Waals surface area contributed by atoms with Crippen LogP contribution in [-0.4, -0.2) is 34.2 Å². The molecule has 164 valence electrons. The van der Waals surface area contributed by atoms with E-state index >= 15 is 0 Å². The highest BCUT2D eigenvalue weighted by Crippen LogP contribution is 2.33. The zero-order valence-electron chi connectivity index (χ0n) is 16.3. The molecule has 12 heteroatoms. The van der Waals surface area contributed by atoms with Gasteiger partial charge in [-0.2, -0.15) is 4.37 Å². The average Bonchev–Trinajstić information content (AvgIpc) is 3.23. The molecule has 8 nitrogen and oxygen atoms in total. The number of hydrogen-bond donors (Lipinski definition) is 2. The van der Waals surface area contributed by atoms with Crippen molar-refractivity contribution >= 4 is 32.5 Å². The molecule has 1 fully saturated rings. The number of piperidine rings is 1. The van der Waals surface area contributed by atoms with E-state index in [1.165, 1.54) is 0 Å². The predicted molar refractivity (Wildman–Crippen MR) is 113 cm³/mol. The maximum atomic E-state index is 14.8. The van der Waals surface area contributed by atoms with Crippen molar-refractivity contribution in [2.24, 2.45) is 0 Å². The summed E-state index contributed by atoms with van der Waals surface area (Å²) in [5.41, 5.74) is 6.85. The maximum Gasteiger partial charge on any atom is 0.266 e. The van der Waals surface area contributed by atoms with Crippen LogP contribution in [0.5, 0.6) is 0 Å². The van der Waals surface area contributed by atoms with Gasteiger partial charge in [0.15, 0.2) is 0 Å². The number of benzene rings is 1. The molecule has 0 aliphatic carbocycles. The van der Waals surface area contributed by atoms with E-state index in [9.17, 15) is 17.2 Å². The number of anilines is 2. The Balaban J connectivity index is 1.59. The number of nitrogens with one attached hydrogen (secondary N) is 1. The van der Waals surface area contributed by atoms with E-state index in [0.717, 1.165) is 48.8 Å². The molecule has 0 bridgehead atoms. The Morgan fingerprint density at radius 1 is 1.19 bits per heavy atom. The minimum Gasteiger partial charge on any atom is -0.384 e. The van der Waals surface area contributed by atoms with Crippen molar-refractivity contribution < 1.29 is 17.2 Å². The minimum atomic E-state index is -4.34. The van der Waals surface area contributed by atoms with Crippen LogP contribution in [0.4, 0.5) is 19.7 Å². The molecule has 31 heavy (non-hydrogen) atoms. The monoisotopic (exact) mass is 466 g/mol. The van der Waals surface area contributed by atoms with E-state index in [1.807, 2.05) is 11.0 Å². The Kier molecular flexibility index (Phi) is 6.12. The largest absolute Gasteiger partial charge is 0.384 e. The number of nitrogen functional groups attached to an aromatic ring is 1. The smallest absolute Gasteiger partial charge is 0.266 e. The van der Waals surface area contributed by atoms with Crippen LogP contribution in [0.2, 0.25) is 0 Å². The number of likely N-dealkylation sites (tertiary alicyclic amines) is 1. The Hall–Kier alpha value is -2.70. The average molecular weight is 467 g/mol. The molecule has 1 aromatic carbocycles. The van der Waals surface area contributed by atoms with Crippen molar-refractivity contribution in [1.82, 2.24) is 19.2 Å². The van der Waals surface area contributed by atoms with Gasteiger partial charge in [-0.05, 0) is 49.2 Å². The zero-order chi connectivity index (χ0) is 22.0. The number of nitrogens with two attached hydrogens (primary N) is 1. The van der Waals surface area contributed by atoms with Gasteiger partial charge in [-0.15, -0.1) is 0 Å². The Bertz CT molecular complexity index is 1170. The quantitative estimate of drug-likeness (QED) is 0.573. The molecule has 3 heterocycles. The second kappa shape index (κ2) is 8.81. The van der Waals surface area contributed by atoms with E-state index < -0.39 is 26.6 Å². The fraction of sp³-hybridized carbons (Fsp3) is 0.316. The van der Waals surface area contributed by atoms with Gasteiger partial charge in [-0.1, -0.05) is 6.42 Å². The highest BCUT2D eigenvalue weighted by atomic mass is 32.2. The van der Waals surface area contributed by atoms with Crippen molar-refractivity contribution in [2.75, 3.05) is 17.0 Å². The SMILES string of the molecule is Nc1cc(C2CCCCN2Cc2cc(F)c(S(=O)(=O)Nc3ncns3)cc2F)ccn1. The summed E-state index contributed by atoms with van der Waals surface area (Å²) in [6, 6.07) is 5.29. The summed E-state index contributed by atoms with van der Waals surface area (Å²) in [4.78, 5) is 8.97. The number of rotatable bonds is 6. The molecule has 1 saturated heterocycles. The molecule has 4 rings (SSSR count). The third-order valence-electron chi connectivity index (χ3n) is 5.15. The third-order valence-corrected chi connectivity index (χ3v) is 7.21. The number of pyridine rings is 1. The zero-order valence-corrected chi connectivity index (χ0v) is 18.0. The van der Waals surface area contributed by atoms with E-state index in [1.54, 1.807) is 12.3 Å². The molecule has 1 atom stereocenters. The van der Waals surface area contributed by atoms with Gasteiger partial charge in [0.1, 0.15) is 28.7 Å². The van der Waals surface area contributed by atoms with Crippen molar-refractivity contribution in [3.05, 3.63) is 59.6 Å². The summed E-state index contributed by atoms with van der Waals surface area (Å²) in [6.45, 7) is 0.840. The first-order valence-corrected chi connectivity index (χ1v) is 11.8. The summed E-state index contributed by atoms with van der Waals surface area (Å²) in [7, 11) is -4.34. The molecule has 0 saturated carbocycles. The van der Waals surface area contributed by atoms with Gasteiger partial charge in [0.2, 0.25) is 5.13 Å². The normalized spacial score (nSPS) is 17.5. The first kappa shape index (κ1) is 21.5. The first-order chi connectivity index (χ1) is 14.8. The molecule has 1 aliphatic rings. The fourth-order valence-electron chi connectivity index (χ4n) is 3.73. The Morgan fingerprint density at radius 3 is 2.77 bits per heavy atom. The lowest BCUT2D eigenvalue weighted by atomic mass is 9.95. The maximum absolute atomic E-state index is 14.8. The summed E-state index contributed by atoms with van der Waals surface area (Å²) in [5.74, 6) is -1.43. The van der Waals surface area contributed by atoms with Gasteiger partial charge in [-0.25, -0.2) is 27.2 Å². The van der Waals surface area contributed by atoms with Crippen LogP contribution in [0.15, 0.2) is 41.7 Å². The van der Waals surface area contributed by atoms with E-state index in [2.05, 4.69) is 19.1 Å². The lowest BCUT2D eigenvalue weighted by Gasteiger charge is -2.36. The predicted octanol–water partition coefficient (Wildman–Crippen LogP) is 3.32. The van der Waals surface area contributed by atoms with Crippen LogP contribution in [0, 0.1) is 11.6 Å². The van der Waals surface area contributed by atoms with Crippen LogP contribution in [0.25, 0.3) is 0 Å². The highest BCUT2D eigenvalue weighted by molar-refractivity contribution is 7.93. The molecule has 3 aromatic rings. The Labute approximate surface area is 182 Å². The number of sulfonamides is 1. The van der Waals surface area contributed by atoms with Gasteiger partial charge in [0.05, 0.1) is 0 Å². The molecule has 3 N–H and O–H groups in total. The second-order valence-corrected chi connectivity index (χ2v) is 9.65. The molecule has 0 amide bonds. The molecule has 2 aromatic heterocycles. The van der Waals surface area contributed by atoms with Gasteiger partial charge in [-0.3, -0.25) is 9.62 Å². The van der Waals surface area contributed by atoms with Crippen LogP contribution in [0.1, 0.15) is 36.4 Å². The third kappa shape index (κ3) is 4.81. The lowest BCUT2D eigenvalue weighted by Crippen LogP contribution is -2.33. The lowest BCUT2D eigenvalue weighted by molar-refractivity contribution is 0.138. The molecular formula is C19H20F2N6O2S2. The topological polar surface area (TPSA) is 114 Å². The summed E-state index contributed by atoms with van der Waals surface area (Å²) in [6.07, 6.45) is 5.58. The summed E-state index contributed by atoms with van der Waals surface area (Å²) >= 11 is 0.792. The van der Waals surface area contributed by atoms with E-state index in [4.69, 9.17) is 5.73 Å². The van der Waals surface area contributed by atoms with E-state index in [-0.39, 0.29) is 23.3 Å². The molecule has 0 radical (unpaired) electrons. The van der Waals surface area contributed by atoms with Gasteiger partial charge in [0.25, 0.3) is 10.0 Å². The number of hydrogen-bond acceptors (Lipinski definition) is 8. The van der Waals surface area contributed by atoms with Gasteiger partial charge < -0.3 is 5.73 Å². The van der Waals surface area contributed by atoms with Crippen molar-refractivity contribution in [1.29, 1.82) is 0 Å². The molecule has 1 aliphatic heterocycles. The molecule has 0 spiro atoms. The standard InChI is InChI=1S/C19H20F2N6O2S2/c20-14-9-17(31(28,29)26-19-24-11-25-30-19)15(21)7-13(14)10-27-6-2-1-3-16(27)12-4-5-23-18(22)8-12/h4-5,7-9,11,16H,1-3,6,10H2,(H2,22,23)(H,24,25,26). The van der Waals surface area contributed by atoms with Crippen LogP contribution < -0.4 is 10.5 Å². The number of aromatic nitrogens is 3. The van der Waals surface area contributed by atoms with Crippen molar-refractivity contribution in [3.63, 3.8) is 0 Å². The minimum absolute atomic E-state index is 0.0102. The second-order valence-electron chi connectivity index (χ2n) is 7.22. The van der Waals surface area contributed by atoms with Crippen LogP contribution in [0.3, 0.4) is 0 Å².